The summed E-state index contributed by atoms with van der Waals surface area (Å²) in [6.45, 7) is 5.69. The number of benzene rings is 4. The lowest BCUT2D eigenvalue weighted by atomic mass is 10.0. The van der Waals surface area contributed by atoms with E-state index >= 15 is 0 Å². The van der Waals surface area contributed by atoms with E-state index in [0.717, 1.165) is 21.0 Å². The second kappa shape index (κ2) is 17.6. The van der Waals surface area contributed by atoms with Crippen LogP contribution in [0.3, 0.4) is 0 Å². The third-order valence-corrected chi connectivity index (χ3v) is 10.0. The van der Waals surface area contributed by atoms with Crippen LogP contribution in [0.4, 0.5) is 5.69 Å². The van der Waals surface area contributed by atoms with Gasteiger partial charge < -0.3 is 29.2 Å². The summed E-state index contributed by atoms with van der Waals surface area (Å²) in [5, 5.41) is 3.01. The van der Waals surface area contributed by atoms with Gasteiger partial charge in [0.25, 0.3) is 10.0 Å². The summed E-state index contributed by atoms with van der Waals surface area (Å²) < 4.78 is 52.2. The predicted octanol–water partition coefficient (Wildman–Crippen LogP) is 5.64. The van der Waals surface area contributed by atoms with Gasteiger partial charge >= 0.3 is 0 Å². The Balaban J connectivity index is 1.89. The van der Waals surface area contributed by atoms with Gasteiger partial charge in [0.15, 0.2) is 11.5 Å². The SMILES string of the molecule is COc1ccc(OC)c(N(CC(=O)N(Cc2cccc(C)c2)C(Cc2ccccc2)C(=O)NCC(C)C)S(=O)(=O)c2ccc(OC)c(OC)c2)c1. The van der Waals surface area contributed by atoms with Crippen molar-refractivity contribution in [3.63, 3.8) is 0 Å². The fourth-order valence-electron chi connectivity index (χ4n) is 5.59. The first-order valence-electron chi connectivity index (χ1n) is 16.5. The first-order valence-corrected chi connectivity index (χ1v) is 18.0. The number of nitrogens with zero attached hydrogens (tertiary/aromatic N) is 2. The molecule has 11 nitrogen and oxygen atoms in total. The molecule has 1 N–H and O–H groups in total. The number of hydrogen-bond donors (Lipinski definition) is 1. The molecular weight excluding hydrogens is 671 g/mol. The van der Waals surface area contributed by atoms with E-state index in [1.165, 1.54) is 57.6 Å². The normalized spacial score (nSPS) is 11.8. The second-order valence-corrected chi connectivity index (χ2v) is 14.3. The number of carbonyl (C=O) groups is 2. The highest BCUT2D eigenvalue weighted by Gasteiger charge is 2.36. The van der Waals surface area contributed by atoms with E-state index in [0.29, 0.717) is 18.0 Å². The molecule has 2 amide bonds. The maximum atomic E-state index is 14.9. The molecule has 51 heavy (non-hydrogen) atoms. The first-order chi connectivity index (χ1) is 24.4. The smallest absolute Gasteiger partial charge is 0.265 e. The zero-order valence-corrected chi connectivity index (χ0v) is 31.0. The van der Waals surface area contributed by atoms with Crippen molar-refractivity contribution in [1.82, 2.24) is 10.2 Å². The minimum atomic E-state index is -4.49. The van der Waals surface area contributed by atoms with Crippen molar-refractivity contribution < 1.29 is 37.0 Å². The Bertz CT molecular complexity index is 1900. The fraction of sp³-hybridized carbons (Fsp3) is 0.333. The van der Waals surface area contributed by atoms with Crippen LogP contribution < -0.4 is 28.6 Å². The predicted molar refractivity (Wildman–Crippen MR) is 197 cm³/mol. The summed E-state index contributed by atoms with van der Waals surface area (Å²) in [4.78, 5) is 30.2. The molecule has 0 heterocycles. The number of ether oxygens (including phenoxy) is 4. The molecule has 0 aliphatic heterocycles. The molecule has 0 saturated carbocycles. The summed E-state index contributed by atoms with van der Waals surface area (Å²) >= 11 is 0. The van der Waals surface area contributed by atoms with Crippen molar-refractivity contribution in [3.8, 4) is 23.0 Å². The van der Waals surface area contributed by atoms with Crippen molar-refractivity contribution in [2.75, 3.05) is 45.8 Å². The maximum Gasteiger partial charge on any atom is 0.265 e. The molecule has 0 saturated heterocycles. The van der Waals surface area contributed by atoms with Gasteiger partial charge in [-0.15, -0.1) is 0 Å². The molecule has 0 fully saturated rings. The Labute approximate surface area is 301 Å². The molecule has 4 rings (SSSR count). The van der Waals surface area contributed by atoms with Gasteiger partial charge in [-0.1, -0.05) is 74.0 Å². The lowest BCUT2D eigenvalue weighted by molar-refractivity contribution is -0.140. The number of hydrogen-bond acceptors (Lipinski definition) is 8. The van der Waals surface area contributed by atoms with Gasteiger partial charge in [-0.05, 0) is 48.2 Å². The molecule has 1 unspecified atom stereocenters. The van der Waals surface area contributed by atoms with Crippen molar-refractivity contribution in [1.29, 1.82) is 0 Å². The second-order valence-electron chi connectivity index (χ2n) is 12.4. The van der Waals surface area contributed by atoms with Crippen LogP contribution in [0, 0.1) is 12.8 Å². The van der Waals surface area contributed by atoms with Gasteiger partial charge in [0.2, 0.25) is 11.8 Å². The molecule has 272 valence electrons. The molecule has 0 radical (unpaired) electrons. The van der Waals surface area contributed by atoms with Crippen LogP contribution in [0.1, 0.15) is 30.5 Å². The number of rotatable bonds is 17. The molecule has 4 aromatic rings. The Morgan fingerprint density at radius 2 is 1.41 bits per heavy atom. The zero-order chi connectivity index (χ0) is 37.1. The van der Waals surface area contributed by atoms with E-state index in [1.54, 1.807) is 12.1 Å². The number of carbonyl (C=O) groups excluding carboxylic acids is 2. The first kappa shape index (κ1) is 38.6. The van der Waals surface area contributed by atoms with Crippen LogP contribution in [-0.2, 0) is 32.6 Å². The number of aryl methyl sites for hydroxylation is 1. The van der Waals surface area contributed by atoms with E-state index in [1.807, 2.05) is 75.4 Å². The Hall–Kier alpha value is -5.23. The van der Waals surface area contributed by atoms with Crippen LogP contribution in [0.25, 0.3) is 0 Å². The van der Waals surface area contributed by atoms with Gasteiger partial charge in [-0.25, -0.2) is 8.42 Å². The minimum Gasteiger partial charge on any atom is -0.497 e. The quantitative estimate of drug-likeness (QED) is 0.149. The van der Waals surface area contributed by atoms with Crippen LogP contribution in [0.2, 0.25) is 0 Å². The molecule has 0 spiro atoms. The van der Waals surface area contributed by atoms with Crippen LogP contribution in [0.15, 0.2) is 95.9 Å². The summed E-state index contributed by atoms with van der Waals surface area (Å²) in [5.74, 6) is 0.264. The molecule has 0 aliphatic carbocycles. The van der Waals surface area contributed by atoms with Gasteiger partial charge in [0, 0.05) is 31.6 Å². The van der Waals surface area contributed by atoms with Crippen molar-refractivity contribution in [2.24, 2.45) is 5.92 Å². The molecular formula is C39H47N3O8S. The minimum absolute atomic E-state index is 0.0482. The van der Waals surface area contributed by atoms with Gasteiger partial charge in [-0.3, -0.25) is 13.9 Å². The third-order valence-electron chi connectivity index (χ3n) is 8.27. The summed E-state index contributed by atoms with van der Waals surface area (Å²) in [5.41, 5.74) is 2.67. The summed E-state index contributed by atoms with van der Waals surface area (Å²) in [7, 11) is 1.23. The highest BCUT2D eigenvalue weighted by atomic mass is 32.2. The molecule has 0 aromatic heterocycles. The van der Waals surface area contributed by atoms with E-state index in [4.69, 9.17) is 18.9 Å². The lowest BCUT2D eigenvalue weighted by Crippen LogP contribution is -2.53. The average molecular weight is 718 g/mol. The van der Waals surface area contributed by atoms with Crippen LogP contribution in [-0.4, -0.2) is 72.7 Å². The van der Waals surface area contributed by atoms with E-state index < -0.39 is 28.5 Å². The fourth-order valence-corrected chi connectivity index (χ4v) is 7.03. The number of sulfonamides is 1. The molecule has 0 bridgehead atoms. The van der Waals surface area contributed by atoms with E-state index in [2.05, 4.69) is 5.32 Å². The van der Waals surface area contributed by atoms with E-state index in [9.17, 15) is 18.0 Å². The number of anilines is 1. The summed E-state index contributed by atoms with van der Waals surface area (Å²) in [6, 6.07) is 25.0. The van der Waals surface area contributed by atoms with Crippen LogP contribution in [0.5, 0.6) is 23.0 Å². The molecule has 4 aromatic carbocycles. The highest BCUT2D eigenvalue weighted by molar-refractivity contribution is 7.92. The zero-order valence-electron chi connectivity index (χ0n) is 30.2. The van der Waals surface area contributed by atoms with Gasteiger partial charge in [0.1, 0.15) is 24.1 Å². The molecule has 12 heteroatoms. The Kier molecular flexibility index (Phi) is 13.3. The average Bonchev–Trinajstić information content (AvgIpc) is 3.13. The van der Waals surface area contributed by atoms with Crippen molar-refractivity contribution >= 4 is 27.5 Å². The largest absolute Gasteiger partial charge is 0.497 e. The maximum absolute atomic E-state index is 14.9. The Morgan fingerprint density at radius 3 is 2.04 bits per heavy atom. The topological polar surface area (TPSA) is 124 Å². The van der Waals surface area contributed by atoms with E-state index in [-0.39, 0.29) is 46.9 Å². The number of amides is 2. The molecule has 1 atom stereocenters. The highest BCUT2D eigenvalue weighted by Crippen LogP contribution is 2.38. The number of methoxy groups -OCH3 is 4. The Morgan fingerprint density at radius 1 is 0.745 bits per heavy atom. The van der Waals surface area contributed by atoms with Crippen molar-refractivity contribution in [2.45, 2.75) is 44.7 Å². The van der Waals surface area contributed by atoms with Crippen LogP contribution >= 0.6 is 0 Å². The standard InChI is InChI=1S/C39H47N3O8S/c1-27(2)24-40-39(44)34(21-29-13-9-8-10-14-29)41(25-30-15-11-12-28(3)20-30)38(43)26-42(33-22-31(47-4)16-18-35(33)48-5)51(45,46)32-17-19-36(49-6)37(23-32)50-7/h8-20,22-23,27,34H,21,24-26H2,1-7H3,(H,40,44). The lowest BCUT2D eigenvalue weighted by Gasteiger charge is -2.34. The monoisotopic (exact) mass is 717 g/mol. The van der Waals surface area contributed by atoms with Gasteiger partial charge in [0.05, 0.1) is 39.0 Å². The number of nitrogens with one attached hydrogen (secondary N) is 1. The summed E-state index contributed by atoms with van der Waals surface area (Å²) in [6.07, 6.45) is 0.202. The third kappa shape index (κ3) is 9.72. The van der Waals surface area contributed by atoms with Gasteiger partial charge in [-0.2, -0.15) is 0 Å². The molecule has 0 aliphatic rings. The van der Waals surface area contributed by atoms with Crippen molar-refractivity contribution in [3.05, 3.63) is 108 Å².